The molecule has 0 aliphatic rings. The third-order valence-electron chi connectivity index (χ3n) is 2.22. The van der Waals surface area contributed by atoms with E-state index in [1.54, 1.807) is 0 Å². The fourth-order valence-electron chi connectivity index (χ4n) is 1.21. The molecule has 1 aromatic rings. The molecule has 0 aromatic heterocycles. The lowest BCUT2D eigenvalue weighted by molar-refractivity contribution is 0.305. The Hall–Kier alpha value is -0.720. The first kappa shape index (κ1) is 12.4. The van der Waals surface area contributed by atoms with Crippen LogP contribution in [0.3, 0.4) is 0 Å². The van der Waals surface area contributed by atoms with Crippen molar-refractivity contribution in [3.63, 3.8) is 0 Å². The summed E-state index contributed by atoms with van der Waals surface area (Å²) in [5, 5.41) is 0.816. The van der Waals surface area contributed by atoms with E-state index in [0.717, 1.165) is 17.3 Å². The maximum Gasteiger partial charge on any atom is 0.548 e. The van der Waals surface area contributed by atoms with Crippen LogP contribution in [0.4, 0.5) is 0 Å². The molecule has 0 heterocycles. The molecule has 2 nitrogen and oxygen atoms in total. The zero-order valence-electron chi connectivity index (χ0n) is 9.56. The second-order valence-electron chi connectivity index (χ2n) is 4.06. The molecule has 0 saturated carbocycles. The summed E-state index contributed by atoms with van der Waals surface area (Å²) in [6.07, 6.45) is 0.951. The van der Waals surface area contributed by atoms with Gasteiger partial charge in [0.15, 0.2) is 0 Å². The van der Waals surface area contributed by atoms with Gasteiger partial charge in [-0.3, -0.25) is 0 Å². The molecule has 82 valence electrons. The molecule has 0 aliphatic heterocycles. The lowest BCUT2D eigenvalue weighted by Crippen LogP contribution is -2.04. The van der Waals surface area contributed by atoms with E-state index in [-0.39, 0.29) is 0 Å². The molecule has 15 heavy (non-hydrogen) atoms. The third kappa shape index (κ3) is 4.11. The van der Waals surface area contributed by atoms with Crippen molar-refractivity contribution >= 4 is 13.3 Å². The van der Waals surface area contributed by atoms with Gasteiger partial charge in [-0.25, -0.2) is 0 Å². The number of hydrogen-bond acceptors (Lipinski definition) is 2. The van der Waals surface area contributed by atoms with Gasteiger partial charge >= 0.3 is 8.03 Å². The van der Waals surface area contributed by atoms with Crippen LogP contribution in [0.1, 0.15) is 25.8 Å². The predicted octanol–water partition coefficient (Wildman–Crippen LogP) is 3.43. The van der Waals surface area contributed by atoms with Gasteiger partial charge < -0.3 is 0 Å². The summed E-state index contributed by atoms with van der Waals surface area (Å²) in [7, 11) is -1.68. The lowest BCUT2D eigenvalue weighted by atomic mass is 10.2. The standard InChI is InChI=1S/C12H18O2P/c1-10(2)8-9-14-15(13)12-7-5-4-6-11(12)3/h4-7,10H,8-9H2,1-3H3/q+1. The molecule has 0 N–H and O–H groups in total. The minimum Gasteiger partial charge on any atom is -0.142 e. The number of hydrogen-bond donors (Lipinski definition) is 0. The Balaban J connectivity index is 2.51. The van der Waals surface area contributed by atoms with E-state index in [1.807, 2.05) is 31.2 Å². The van der Waals surface area contributed by atoms with Gasteiger partial charge in [0.2, 0.25) is 5.30 Å². The number of benzene rings is 1. The summed E-state index contributed by atoms with van der Waals surface area (Å²) >= 11 is 0. The minimum atomic E-state index is -1.68. The highest BCUT2D eigenvalue weighted by Crippen LogP contribution is 2.23. The second kappa shape index (κ2) is 5.99. The van der Waals surface area contributed by atoms with E-state index in [4.69, 9.17) is 4.52 Å². The van der Waals surface area contributed by atoms with Crippen molar-refractivity contribution in [3.05, 3.63) is 29.8 Å². The topological polar surface area (TPSA) is 26.3 Å². The summed E-state index contributed by atoms with van der Waals surface area (Å²) in [4.78, 5) is 0. The molecule has 0 fully saturated rings. The fourth-order valence-corrected chi connectivity index (χ4v) is 2.19. The Labute approximate surface area is 92.5 Å². The summed E-state index contributed by atoms with van der Waals surface area (Å²) in [6.45, 7) is 6.78. The van der Waals surface area contributed by atoms with Crippen LogP contribution in [-0.4, -0.2) is 6.61 Å². The highest BCUT2D eigenvalue weighted by Gasteiger charge is 2.23. The number of aryl methyl sites for hydroxylation is 1. The quantitative estimate of drug-likeness (QED) is 0.717. The molecule has 0 radical (unpaired) electrons. The molecular formula is C12H18O2P+. The van der Waals surface area contributed by atoms with Gasteiger partial charge in [-0.15, -0.1) is 4.52 Å². The van der Waals surface area contributed by atoms with Crippen molar-refractivity contribution in [2.75, 3.05) is 6.61 Å². The molecule has 1 aromatic carbocycles. The monoisotopic (exact) mass is 225 g/mol. The average Bonchev–Trinajstić information content (AvgIpc) is 2.17. The summed E-state index contributed by atoms with van der Waals surface area (Å²) in [6, 6.07) is 7.65. The van der Waals surface area contributed by atoms with Crippen molar-refractivity contribution in [2.24, 2.45) is 5.92 Å². The zero-order chi connectivity index (χ0) is 11.3. The molecule has 1 rings (SSSR count). The van der Waals surface area contributed by atoms with Gasteiger partial charge in [-0.2, -0.15) is 0 Å². The second-order valence-corrected chi connectivity index (χ2v) is 5.31. The smallest absolute Gasteiger partial charge is 0.142 e. The van der Waals surface area contributed by atoms with Crippen LogP contribution in [0.25, 0.3) is 0 Å². The maximum absolute atomic E-state index is 11.8. The van der Waals surface area contributed by atoms with E-state index in [2.05, 4.69) is 13.8 Å². The van der Waals surface area contributed by atoms with E-state index in [9.17, 15) is 4.57 Å². The van der Waals surface area contributed by atoms with Gasteiger partial charge in [0, 0.05) is 5.56 Å². The highest BCUT2D eigenvalue weighted by molar-refractivity contribution is 7.48. The van der Waals surface area contributed by atoms with Gasteiger partial charge in [0.1, 0.15) is 6.61 Å². The highest BCUT2D eigenvalue weighted by atomic mass is 31.1. The fraction of sp³-hybridized carbons (Fsp3) is 0.500. The molecule has 0 bridgehead atoms. The number of rotatable bonds is 5. The Bertz CT molecular complexity index is 334. The maximum atomic E-state index is 11.8. The van der Waals surface area contributed by atoms with Crippen LogP contribution in [0, 0.1) is 12.8 Å². The van der Waals surface area contributed by atoms with Gasteiger partial charge in [0.25, 0.3) is 0 Å². The predicted molar refractivity (Wildman–Crippen MR) is 63.8 cm³/mol. The van der Waals surface area contributed by atoms with Crippen molar-refractivity contribution < 1.29 is 9.09 Å². The van der Waals surface area contributed by atoms with Crippen LogP contribution < -0.4 is 5.30 Å². The first-order valence-electron chi connectivity index (χ1n) is 5.27. The van der Waals surface area contributed by atoms with Crippen molar-refractivity contribution in [2.45, 2.75) is 27.2 Å². The van der Waals surface area contributed by atoms with Crippen molar-refractivity contribution in [1.29, 1.82) is 0 Å². The van der Waals surface area contributed by atoms with E-state index in [0.29, 0.717) is 12.5 Å². The third-order valence-corrected chi connectivity index (χ3v) is 3.53. The Kier molecular flexibility index (Phi) is 4.93. The first-order chi connectivity index (χ1) is 7.11. The first-order valence-corrected chi connectivity index (χ1v) is 6.45. The van der Waals surface area contributed by atoms with Gasteiger partial charge in [0.05, 0.1) is 0 Å². The summed E-state index contributed by atoms with van der Waals surface area (Å²) in [5.74, 6) is 0.588. The molecule has 0 amide bonds. The normalized spacial score (nSPS) is 11.9. The Morgan fingerprint density at radius 3 is 2.60 bits per heavy atom. The SMILES string of the molecule is Cc1ccccc1[P+](=O)OCCC(C)C. The van der Waals surface area contributed by atoms with Crippen LogP contribution >= 0.6 is 8.03 Å². The van der Waals surface area contributed by atoms with Gasteiger partial charge in [-0.1, -0.05) is 32.0 Å². The molecule has 1 unspecified atom stereocenters. The zero-order valence-corrected chi connectivity index (χ0v) is 10.5. The molecule has 0 saturated heterocycles. The Morgan fingerprint density at radius 1 is 1.33 bits per heavy atom. The molecular weight excluding hydrogens is 207 g/mol. The lowest BCUT2D eigenvalue weighted by Gasteiger charge is -1.98. The summed E-state index contributed by atoms with van der Waals surface area (Å²) < 4.78 is 17.1. The minimum absolute atomic E-state index is 0.571. The van der Waals surface area contributed by atoms with Crippen LogP contribution in [0.2, 0.25) is 0 Å². The van der Waals surface area contributed by atoms with E-state index in [1.165, 1.54) is 0 Å². The van der Waals surface area contributed by atoms with Crippen LogP contribution in [-0.2, 0) is 9.09 Å². The van der Waals surface area contributed by atoms with Crippen LogP contribution in [0.15, 0.2) is 24.3 Å². The van der Waals surface area contributed by atoms with E-state index >= 15 is 0 Å². The molecule has 0 aliphatic carbocycles. The van der Waals surface area contributed by atoms with Crippen LogP contribution in [0.5, 0.6) is 0 Å². The Morgan fingerprint density at radius 2 is 2.00 bits per heavy atom. The van der Waals surface area contributed by atoms with Crippen molar-refractivity contribution in [1.82, 2.24) is 0 Å². The van der Waals surface area contributed by atoms with Crippen molar-refractivity contribution in [3.8, 4) is 0 Å². The van der Waals surface area contributed by atoms with Gasteiger partial charge in [-0.05, 0) is 29.9 Å². The van der Waals surface area contributed by atoms with E-state index < -0.39 is 8.03 Å². The molecule has 3 heteroatoms. The largest absolute Gasteiger partial charge is 0.548 e. The molecule has 1 atom stereocenters. The molecule has 0 spiro atoms. The average molecular weight is 225 g/mol. The summed E-state index contributed by atoms with van der Waals surface area (Å²) in [5.41, 5.74) is 1.03.